The minimum Gasteiger partial charge on any atom is -0.505 e. The number of rotatable bonds is 10. The summed E-state index contributed by atoms with van der Waals surface area (Å²) in [6.45, 7) is 4.13. The summed E-state index contributed by atoms with van der Waals surface area (Å²) < 4.78 is 12.2. The average Bonchev–Trinajstić information content (AvgIpc) is 2.58. The van der Waals surface area contributed by atoms with Crippen molar-refractivity contribution in [3.05, 3.63) is 32.8 Å². The third-order valence-corrected chi connectivity index (χ3v) is 4.54. The number of ether oxygens (including phenoxy) is 2. The zero-order valence-electron chi connectivity index (χ0n) is 13.2. The number of phenolic OH excluding ortho intramolecular Hbond substituents is 1. The third-order valence-electron chi connectivity index (χ3n) is 3.28. The molecule has 6 nitrogen and oxygen atoms in total. The molecule has 0 aliphatic heterocycles. The molecule has 2 aromatic rings. The van der Waals surface area contributed by atoms with E-state index in [2.05, 4.69) is 42.2 Å². The molecule has 0 radical (unpaired) electrons. The van der Waals surface area contributed by atoms with Crippen molar-refractivity contribution in [3.63, 3.8) is 0 Å². The number of nitrogens with two attached hydrogens (primary N) is 1. The molecule has 132 valence electrons. The minimum atomic E-state index is 0.149. The zero-order valence-corrected chi connectivity index (χ0v) is 16.4. The van der Waals surface area contributed by atoms with Gasteiger partial charge in [-0.05, 0) is 34.1 Å². The molecule has 4 N–H and O–H groups in total. The fraction of sp³-hybridized carbons (Fsp3) is 0.438. The topological polar surface area (TPSA) is 89.6 Å². The Morgan fingerprint density at radius 3 is 2.58 bits per heavy atom. The van der Waals surface area contributed by atoms with E-state index in [9.17, 15) is 5.11 Å². The molecule has 0 bridgehead atoms. The molecule has 1 heterocycles. The van der Waals surface area contributed by atoms with Crippen LogP contribution in [-0.4, -0.2) is 49.6 Å². The summed E-state index contributed by atoms with van der Waals surface area (Å²) in [5, 5.41) is 14.3. The fourth-order valence-corrected chi connectivity index (χ4v) is 3.38. The van der Waals surface area contributed by atoms with Gasteiger partial charge in [0.2, 0.25) is 0 Å². The summed E-state index contributed by atoms with van der Waals surface area (Å²) in [7, 11) is 0. The number of pyridine rings is 1. The van der Waals surface area contributed by atoms with Crippen LogP contribution in [0.5, 0.6) is 5.75 Å². The standard InChI is InChI=1S/C16H21Br2N3O3/c17-13-9-14(18)16(22)15-12(13)2-1-11(21-15)10-20-4-6-24-8-7-23-5-3-19/h1-2,9,20,22H,3-8,10,19H2. The Labute approximate surface area is 158 Å². The molecule has 0 amide bonds. The van der Waals surface area contributed by atoms with Gasteiger partial charge >= 0.3 is 0 Å². The Bertz CT molecular complexity index is 671. The normalized spacial score (nSPS) is 11.3. The second-order valence-electron chi connectivity index (χ2n) is 5.08. The van der Waals surface area contributed by atoms with Gasteiger partial charge < -0.3 is 25.6 Å². The summed E-state index contributed by atoms with van der Waals surface area (Å²) in [5.41, 5.74) is 6.75. The van der Waals surface area contributed by atoms with Gasteiger partial charge in [-0.2, -0.15) is 0 Å². The number of halogens is 2. The lowest BCUT2D eigenvalue weighted by Crippen LogP contribution is -2.21. The molecule has 1 aromatic heterocycles. The van der Waals surface area contributed by atoms with E-state index in [1.165, 1.54) is 0 Å². The molecule has 2 rings (SSSR count). The number of nitrogens with one attached hydrogen (secondary N) is 1. The molecular weight excluding hydrogens is 442 g/mol. The van der Waals surface area contributed by atoms with Crippen LogP contribution in [0.1, 0.15) is 5.69 Å². The van der Waals surface area contributed by atoms with Crippen LogP contribution in [0.15, 0.2) is 27.1 Å². The highest BCUT2D eigenvalue weighted by molar-refractivity contribution is 9.11. The molecule has 0 aliphatic rings. The van der Waals surface area contributed by atoms with E-state index in [4.69, 9.17) is 15.2 Å². The first-order valence-electron chi connectivity index (χ1n) is 7.66. The maximum Gasteiger partial charge on any atom is 0.156 e. The Hall–Kier alpha value is -0.770. The van der Waals surface area contributed by atoms with E-state index in [0.717, 1.165) is 15.6 Å². The Morgan fingerprint density at radius 2 is 1.83 bits per heavy atom. The Balaban J connectivity index is 1.78. The molecule has 0 unspecified atom stereocenters. The first kappa shape index (κ1) is 19.6. The quantitative estimate of drug-likeness (QED) is 0.470. The van der Waals surface area contributed by atoms with Gasteiger partial charge in [0.1, 0.15) is 5.52 Å². The molecule has 0 aliphatic carbocycles. The summed E-state index contributed by atoms with van der Waals surface area (Å²) >= 11 is 6.81. The predicted octanol–water partition coefficient (Wildman–Crippen LogP) is 2.55. The molecule has 24 heavy (non-hydrogen) atoms. The Kier molecular flexibility index (Phi) is 8.37. The van der Waals surface area contributed by atoms with Crippen molar-refractivity contribution in [3.8, 4) is 5.75 Å². The number of benzene rings is 1. The first-order chi connectivity index (χ1) is 11.6. The van der Waals surface area contributed by atoms with Crippen molar-refractivity contribution in [2.45, 2.75) is 6.54 Å². The number of hydrogen-bond acceptors (Lipinski definition) is 6. The van der Waals surface area contributed by atoms with Crippen LogP contribution >= 0.6 is 31.9 Å². The van der Waals surface area contributed by atoms with Gasteiger partial charge in [0.05, 0.1) is 36.6 Å². The summed E-state index contributed by atoms with van der Waals surface area (Å²) in [5.74, 6) is 0.149. The highest BCUT2D eigenvalue weighted by atomic mass is 79.9. The molecule has 0 spiro atoms. The second-order valence-corrected chi connectivity index (χ2v) is 6.79. The van der Waals surface area contributed by atoms with Crippen LogP contribution in [-0.2, 0) is 16.0 Å². The molecule has 0 fully saturated rings. The SMILES string of the molecule is NCCOCCOCCNCc1ccc2c(Br)cc(Br)c(O)c2n1. The third kappa shape index (κ3) is 5.65. The van der Waals surface area contributed by atoms with Crippen molar-refractivity contribution in [1.82, 2.24) is 10.3 Å². The summed E-state index contributed by atoms with van der Waals surface area (Å²) in [6.07, 6.45) is 0. The van der Waals surface area contributed by atoms with Crippen LogP contribution in [0.3, 0.4) is 0 Å². The smallest absolute Gasteiger partial charge is 0.156 e. The minimum absolute atomic E-state index is 0.149. The fourth-order valence-electron chi connectivity index (χ4n) is 2.11. The van der Waals surface area contributed by atoms with Gasteiger partial charge in [0.25, 0.3) is 0 Å². The maximum atomic E-state index is 10.1. The summed E-state index contributed by atoms with van der Waals surface area (Å²) in [4.78, 5) is 4.52. The van der Waals surface area contributed by atoms with Crippen LogP contribution < -0.4 is 11.1 Å². The van der Waals surface area contributed by atoms with Gasteiger partial charge in [-0.3, -0.25) is 0 Å². The number of aromatic nitrogens is 1. The van der Waals surface area contributed by atoms with Gasteiger partial charge in [-0.15, -0.1) is 0 Å². The van der Waals surface area contributed by atoms with E-state index in [-0.39, 0.29) is 5.75 Å². The molecule has 0 saturated carbocycles. The van der Waals surface area contributed by atoms with E-state index in [1.54, 1.807) is 0 Å². The van der Waals surface area contributed by atoms with Crippen LogP contribution in [0.25, 0.3) is 10.9 Å². The Morgan fingerprint density at radius 1 is 1.08 bits per heavy atom. The first-order valence-corrected chi connectivity index (χ1v) is 9.25. The number of aromatic hydroxyl groups is 1. The molecule has 0 atom stereocenters. The number of phenols is 1. The second kappa shape index (κ2) is 10.3. The van der Waals surface area contributed by atoms with E-state index >= 15 is 0 Å². The largest absolute Gasteiger partial charge is 0.505 e. The van der Waals surface area contributed by atoms with Crippen molar-refractivity contribution in [2.75, 3.05) is 39.5 Å². The van der Waals surface area contributed by atoms with E-state index < -0.39 is 0 Å². The number of fused-ring (bicyclic) bond motifs is 1. The maximum absolute atomic E-state index is 10.1. The van der Waals surface area contributed by atoms with E-state index in [1.807, 2.05) is 18.2 Å². The van der Waals surface area contributed by atoms with Gasteiger partial charge in [0, 0.05) is 29.5 Å². The monoisotopic (exact) mass is 461 g/mol. The lowest BCUT2D eigenvalue weighted by molar-refractivity contribution is 0.0518. The number of hydrogen-bond donors (Lipinski definition) is 3. The average molecular weight is 463 g/mol. The molecule has 8 heteroatoms. The van der Waals surface area contributed by atoms with Crippen molar-refractivity contribution in [2.24, 2.45) is 5.73 Å². The van der Waals surface area contributed by atoms with Crippen LogP contribution in [0.2, 0.25) is 0 Å². The van der Waals surface area contributed by atoms with Gasteiger partial charge in [0.15, 0.2) is 5.75 Å². The van der Waals surface area contributed by atoms with Crippen LogP contribution in [0.4, 0.5) is 0 Å². The number of nitrogens with zero attached hydrogens (tertiary/aromatic N) is 1. The summed E-state index contributed by atoms with van der Waals surface area (Å²) in [6, 6.07) is 5.70. The van der Waals surface area contributed by atoms with Crippen molar-refractivity contribution < 1.29 is 14.6 Å². The molecular formula is C16H21Br2N3O3. The zero-order chi connectivity index (χ0) is 17.4. The van der Waals surface area contributed by atoms with Gasteiger partial charge in [-0.25, -0.2) is 4.98 Å². The van der Waals surface area contributed by atoms with Crippen LogP contribution in [0, 0.1) is 0 Å². The highest BCUT2D eigenvalue weighted by Crippen LogP contribution is 2.36. The molecule has 1 aromatic carbocycles. The van der Waals surface area contributed by atoms with Gasteiger partial charge in [-0.1, -0.05) is 15.9 Å². The highest BCUT2D eigenvalue weighted by Gasteiger charge is 2.10. The lowest BCUT2D eigenvalue weighted by atomic mass is 10.2. The van der Waals surface area contributed by atoms with E-state index in [0.29, 0.717) is 56.1 Å². The lowest BCUT2D eigenvalue weighted by Gasteiger charge is -2.09. The van der Waals surface area contributed by atoms with Crippen molar-refractivity contribution in [1.29, 1.82) is 0 Å². The predicted molar refractivity (Wildman–Crippen MR) is 101 cm³/mol. The van der Waals surface area contributed by atoms with Crippen molar-refractivity contribution >= 4 is 42.8 Å². The molecule has 0 saturated heterocycles.